The van der Waals surface area contributed by atoms with E-state index in [0.29, 0.717) is 33.6 Å². The highest BCUT2D eigenvalue weighted by atomic mass is 35.5. The number of methoxy groups -OCH3 is 3. The van der Waals surface area contributed by atoms with E-state index < -0.39 is 10.0 Å². The molecule has 2 rings (SSSR count). The summed E-state index contributed by atoms with van der Waals surface area (Å²) < 4.78 is 41.2. The number of anilines is 2. The van der Waals surface area contributed by atoms with Gasteiger partial charge in [0.15, 0.2) is 0 Å². The number of halogens is 2. The molecule has 31 heavy (non-hydrogen) atoms. The SMILES string of the molecule is COc1ccc(N(CCCC(=O)Nc2cc(OC)c(Cl)cc2OC)S(C)(=O)=O)cc1Cl. The van der Waals surface area contributed by atoms with Crippen molar-refractivity contribution < 1.29 is 27.4 Å². The predicted octanol–water partition coefficient (Wildman–Crippen LogP) is 4.20. The van der Waals surface area contributed by atoms with Crippen LogP contribution >= 0.6 is 23.2 Å². The monoisotopic (exact) mass is 490 g/mol. The summed E-state index contributed by atoms with van der Waals surface area (Å²) in [5.74, 6) is 0.886. The van der Waals surface area contributed by atoms with Gasteiger partial charge in [0.05, 0.1) is 49.0 Å². The molecular formula is C20H24Cl2N2O6S. The van der Waals surface area contributed by atoms with E-state index in [9.17, 15) is 13.2 Å². The average molecular weight is 491 g/mol. The van der Waals surface area contributed by atoms with Crippen LogP contribution in [-0.2, 0) is 14.8 Å². The van der Waals surface area contributed by atoms with Crippen molar-refractivity contribution in [3.63, 3.8) is 0 Å². The number of rotatable bonds is 10. The topological polar surface area (TPSA) is 94.2 Å². The van der Waals surface area contributed by atoms with Gasteiger partial charge in [-0.1, -0.05) is 23.2 Å². The molecule has 0 radical (unpaired) electrons. The second-order valence-corrected chi connectivity index (χ2v) is 9.21. The molecule has 0 spiro atoms. The number of carbonyl (C=O) groups excluding carboxylic acids is 1. The Labute approximate surface area is 192 Å². The highest BCUT2D eigenvalue weighted by molar-refractivity contribution is 7.92. The lowest BCUT2D eigenvalue weighted by Gasteiger charge is -2.23. The third-order valence-electron chi connectivity index (χ3n) is 4.34. The summed E-state index contributed by atoms with van der Waals surface area (Å²) in [5, 5.41) is 3.37. The second kappa shape index (κ2) is 10.8. The van der Waals surface area contributed by atoms with Gasteiger partial charge in [-0.25, -0.2) is 8.42 Å². The fraction of sp³-hybridized carbons (Fsp3) is 0.350. The van der Waals surface area contributed by atoms with Crippen molar-refractivity contribution in [2.24, 2.45) is 0 Å². The van der Waals surface area contributed by atoms with Crippen LogP contribution in [-0.4, -0.2) is 48.5 Å². The van der Waals surface area contributed by atoms with Crippen molar-refractivity contribution in [1.29, 1.82) is 0 Å². The van der Waals surface area contributed by atoms with Crippen molar-refractivity contribution in [3.8, 4) is 17.2 Å². The van der Waals surface area contributed by atoms with Crippen LogP contribution in [0.4, 0.5) is 11.4 Å². The largest absolute Gasteiger partial charge is 0.495 e. The lowest BCUT2D eigenvalue weighted by atomic mass is 10.2. The summed E-state index contributed by atoms with van der Waals surface area (Å²) >= 11 is 12.2. The first-order valence-corrected chi connectivity index (χ1v) is 11.7. The lowest BCUT2D eigenvalue weighted by Crippen LogP contribution is -2.31. The minimum atomic E-state index is -3.58. The molecule has 0 aliphatic rings. The maximum Gasteiger partial charge on any atom is 0.232 e. The van der Waals surface area contributed by atoms with Crippen LogP contribution in [0.3, 0.4) is 0 Å². The van der Waals surface area contributed by atoms with Crippen LogP contribution in [0.2, 0.25) is 10.0 Å². The summed E-state index contributed by atoms with van der Waals surface area (Å²) in [6.07, 6.45) is 1.44. The van der Waals surface area contributed by atoms with Gasteiger partial charge in [-0.2, -0.15) is 0 Å². The summed E-state index contributed by atoms with van der Waals surface area (Å²) in [6.45, 7) is 0.0932. The molecule has 0 aliphatic carbocycles. The van der Waals surface area contributed by atoms with E-state index in [1.807, 2.05) is 0 Å². The van der Waals surface area contributed by atoms with Crippen molar-refractivity contribution in [1.82, 2.24) is 0 Å². The number of hydrogen-bond acceptors (Lipinski definition) is 6. The quantitative estimate of drug-likeness (QED) is 0.536. The summed E-state index contributed by atoms with van der Waals surface area (Å²) in [4.78, 5) is 12.4. The zero-order valence-corrected chi connectivity index (χ0v) is 19.9. The number of carbonyl (C=O) groups is 1. The standard InChI is InChI=1S/C20H24Cl2N2O6S/c1-28-17-8-7-13(10-14(17)21)24(31(4,26)27)9-5-6-20(25)23-16-12-18(29-2)15(22)11-19(16)30-3/h7-8,10-12H,5-6,9H2,1-4H3,(H,23,25). The van der Waals surface area contributed by atoms with Gasteiger partial charge in [0.2, 0.25) is 15.9 Å². The van der Waals surface area contributed by atoms with Crippen LogP contribution in [0, 0.1) is 0 Å². The van der Waals surface area contributed by atoms with Crippen LogP contribution in [0.5, 0.6) is 17.2 Å². The molecule has 0 aromatic heterocycles. The Bertz CT molecular complexity index is 1050. The van der Waals surface area contributed by atoms with Gasteiger partial charge in [-0.3, -0.25) is 9.10 Å². The molecule has 2 aromatic rings. The van der Waals surface area contributed by atoms with Crippen LogP contribution in [0.1, 0.15) is 12.8 Å². The van der Waals surface area contributed by atoms with Crippen molar-refractivity contribution in [2.75, 3.05) is 43.8 Å². The molecule has 170 valence electrons. The first kappa shape index (κ1) is 24.9. The zero-order chi connectivity index (χ0) is 23.2. The maximum absolute atomic E-state index is 12.4. The molecule has 0 bridgehead atoms. The van der Waals surface area contributed by atoms with Gasteiger partial charge in [-0.15, -0.1) is 0 Å². The number of ether oxygens (including phenoxy) is 3. The Kier molecular flexibility index (Phi) is 8.67. The number of nitrogens with zero attached hydrogens (tertiary/aromatic N) is 1. The van der Waals surface area contributed by atoms with Gasteiger partial charge in [-0.05, 0) is 24.6 Å². The highest BCUT2D eigenvalue weighted by Gasteiger charge is 2.19. The molecular weight excluding hydrogens is 467 g/mol. The predicted molar refractivity (Wildman–Crippen MR) is 123 cm³/mol. The zero-order valence-electron chi connectivity index (χ0n) is 17.6. The minimum Gasteiger partial charge on any atom is -0.495 e. The van der Waals surface area contributed by atoms with E-state index in [1.165, 1.54) is 37.8 Å². The maximum atomic E-state index is 12.4. The third kappa shape index (κ3) is 6.56. The summed E-state index contributed by atoms with van der Waals surface area (Å²) in [7, 11) is 0.806. The summed E-state index contributed by atoms with van der Waals surface area (Å²) in [6, 6.07) is 7.78. The van der Waals surface area contributed by atoms with E-state index in [-0.39, 0.29) is 30.3 Å². The molecule has 0 fully saturated rings. The van der Waals surface area contributed by atoms with Gasteiger partial charge >= 0.3 is 0 Å². The lowest BCUT2D eigenvalue weighted by molar-refractivity contribution is -0.116. The normalized spacial score (nSPS) is 11.0. The Balaban J connectivity index is 2.08. The molecule has 0 unspecified atom stereocenters. The Hall–Kier alpha value is -2.36. The molecule has 8 nitrogen and oxygen atoms in total. The molecule has 1 N–H and O–H groups in total. The minimum absolute atomic E-state index is 0.0734. The second-order valence-electron chi connectivity index (χ2n) is 6.49. The molecule has 2 aromatic carbocycles. The fourth-order valence-electron chi connectivity index (χ4n) is 2.85. The van der Waals surface area contributed by atoms with Gasteiger partial charge < -0.3 is 19.5 Å². The average Bonchev–Trinajstić information content (AvgIpc) is 2.71. The third-order valence-corrected chi connectivity index (χ3v) is 6.12. The molecule has 0 aliphatic heterocycles. The van der Waals surface area contributed by atoms with Crippen LogP contribution < -0.4 is 23.8 Å². The van der Waals surface area contributed by atoms with Crippen molar-refractivity contribution in [2.45, 2.75) is 12.8 Å². The molecule has 0 saturated carbocycles. The Morgan fingerprint density at radius 3 is 2.13 bits per heavy atom. The fourth-order valence-corrected chi connectivity index (χ4v) is 4.29. The number of hydrogen-bond donors (Lipinski definition) is 1. The first-order chi connectivity index (χ1) is 14.6. The number of nitrogens with one attached hydrogen (secondary N) is 1. The number of amides is 1. The van der Waals surface area contributed by atoms with Gasteiger partial charge in [0.25, 0.3) is 0 Å². The van der Waals surface area contributed by atoms with Crippen LogP contribution in [0.25, 0.3) is 0 Å². The Morgan fingerprint density at radius 1 is 0.968 bits per heavy atom. The van der Waals surface area contributed by atoms with E-state index >= 15 is 0 Å². The van der Waals surface area contributed by atoms with E-state index in [0.717, 1.165) is 6.26 Å². The van der Waals surface area contributed by atoms with Crippen LogP contribution in [0.15, 0.2) is 30.3 Å². The van der Waals surface area contributed by atoms with Crippen molar-refractivity contribution >= 4 is 50.5 Å². The smallest absolute Gasteiger partial charge is 0.232 e. The molecule has 0 saturated heterocycles. The highest BCUT2D eigenvalue weighted by Crippen LogP contribution is 2.36. The van der Waals surface area contributed by atoms with Gasteiger partial charge in [0.1, 0.15) is 17.2 Å². The van der Waals surface area contributed by atoms with E-state index in [1.54, 1.807) is 18.2 Å². The molecule has 1 amide bonds. The molecule has 0 heterocycles. The molecule has 0 atom stereocenters. The van der Waals surface area contributed by atoms with Crippen molar-refractivity contribution in [3.05, 3.63) is 40.4 Å². The van der Waals surface area contributed by atoms with E-state index in [2.05, 4.69) is 5.32 Å². The molecule has 11 heteroatoms. The summed E-state index contributed by atoms with van der Waals surface area (Å²) in [5.41, 5.74) is 0.786. The number of benzene rings is 2. The Morgan fingerprint density at radius 2 is 1.58 bits per heavy atom. The number of sulfonamides is 1. The van der Waals surface area contributed by atoms with Gasteiger partial charge in [0, 0.05) is 25.1 Å². The van der Waals surface area contributed by atoms with E-state index in [4.69, 9.17) is 37.4 Å². The first-order valence-electron chi connectivity index (χ1n) is 9.13.